The van der Waals surface area contributed by atoms with Gasteiger partial charge in [0.05, 0.1) is 6.61 Å². The first-order valence-corrected chi connectivity index (χ1v) is 3.20. The van der Waals surface area contributed by atoms with Crippen molar-refractivity contribution in [1.82, 2.24) is 5.32 Å². The lowest BCUT2D eigenvalue weighted by atomic mass is 10.2. The molecule has 0 rings (SSSR count). The van der Waals surface area contributed by atoms with Gasteiger partial charge in [-0.1, -0.05) is 0 Å². The van der Waals surface area contributed by atoms with Crippen molar-refractivity contribution in [3.05, 3.63) is 0 Å². The highest BCUT2D eigenvalue weighted by atomic mass is 16.5. The third-order valence-electron chi connectivity index (χ3n) is 1.16. The molecule has 1 atom stereocenters. The van der Waals surface area contributed by atoms with Crippen LogP contribution >= 0.6 is 0 Å². The maximum atomic E-state index is 10.3. The maximum Gasteiger partial charge on any atom is 0.326 e. The number of carbonyl (C=O) groups excluding carboxylic acids is 2. The summed E-state index contributed by atoms with van der Waals surface area (Å²) in [5.74, 6) is -1.16. The fourth-order valence-electron chi connectivity index (χ4n) is 0.594. The molecule has 0 unspecified atom stereocenters. The fraction of sp³-hybridized carbons (Fsp3) is 0.500. The SMILES string of the molecule is O=CN[C@@H](CCOC=O)C(=O)O. The van der Waals surface area contributed by atoms with Gasteiger partial charge in [-0.2, -0.15) is 0 Å². The van der Waals surface area contributed by atoms with Crippen LogP contribution in [0.5, 0.6) is 0 Å². The summed E-state index contributed by atoms with van der Waals surface area (Å²) in [6.45, 7) is 0.196. The number of carboxylic acid groups (broad SMARTS) is 1. The van der Waals surface area contributed by atoms with Crippen LogP contribution in [0.4, 0.5) is 0 Å². The Labute approximate surface area is 68.5 Å². The van der Waals surface area contributed by atoms with Gasteiger partial charge in [-0.3, -0.25) is 9.59 Å². The lowest BCUT2D eigenvalue weighted by Crippen LogP contribution is -2.36. The topological polar surface area (TPSA) is 92.7 Å². The molecule has 0 bridgehead atoms. The Morgan fingerprint density at radius 1 is 1.58 bits per heavy atom. The molecule has 68 valence electrons. The van der Waals surface area contributed by atoms with Crippen LogP contribution < -0.4 is 5.32 Å². The second-order valence-electron chi connectivity index (χ2n) is 1.93. The standard InChI is InChI=1S/C6H9NO5/c8-3-7-5(6(10)11)1-2-12-4-9/h3-5H,1-2H2,(H,7,8)(H,10,11)/t5-/m0/s1. The van der Waals surface area contributed by atoms with Gasteiger partial charge >= 0.3 is 5.97 Å². The van der Waals surface area contributed by atoms with Gasteiger partial charge in [0, 0.05) is 6.42 Å². The molecule has 1 amide bonds. The largest absolute Gasteiger partial charge is 0.480 e. The van der Waals surface area contributed by atoms with Gasteiger partial charge in [0.1, 0.15) is 6.04 Å². The molecule has 12 heavy (non-hydrogen) atoms. The minimum Gasteiger partial charge on any atom is -0.480 e. The molecule has 0 spiro atoms. The summed E-state index contributed by atoms with van der Waals surface area (Å²) < 4.78 is 4.26. The average Bonchev–Trinajstić information content (AvgIpc) is 2.03. The van der Waals surface area contributed by atoms with E-state index >= 15 is 0 Å². The summed E-state index contributed by atoms with van der Waals surface area (Å²) >= 11 is 0. The minimum absolute atomic E-state index is 0.0265. The number of ether oxygens (including phenoxy) is 1. The van der Waals surface area contributed by atoms with Crippen LogP contribution in [0, 0.1) is 0 Å². The van der Waals surface area contributed by atoms with Crippen LogP contribution in [0.15, 0.2) is 0 Å². The Balaban J connectivity index is 3.70. The number of hydrogen-bond acceptors (Lipinski definition) is 4. The number of carboxylic acids is 1. The molecule has 6 nitrogen and oxygen atoms in total. The van der Waals surface area contributed by atoms with Crippen LogP contribution in [0.25, 0.3) is 0 Å². The molecule has 6 heteroatoms. The van der Waals surface area contributed by atoms with Crippen molar-refractivity contribution in [3.63, 3.8) is 0 Å². The Morgan fingerprint density at radius 2 is 2.25 bits per heavy atom. The van der Waals surface area contributed by atoms with Gasteiger partial charge in [0.25, 0.3) is 6.47 Å². The highest BCUT2D eigenvalue weighted by Gasteiger charge is 2.15. The summed E-state index contributed by atoms with van der Waals surface area (Å²) in [4.78, 5) is 29.8. The molecule has 0 heterocycles. The highest BCUT2D eigenvalue weighted by molar-refractivity contribution is 5.76. The van der Waals surface area contributed by atoms with Gasteiger partial charge in [0.2, 0.25) is 6.41 Å². The Hall–Kier alpha value is -1.59. The van der Waals surface area contributed by atoms with Gasteiger partial charge in [-0.05, 0) is 0 Å². The number of aliphatic carboxylic acids is 1. The molecule has 2 N–H and O–H groups in total. The zero-order chi connectivity index (χ0) is 9.40. The first kappa shape index (κ1) is 10.4. The van der Waals surface area contributed by atoms with E-state index in [0.29, 0.717) is 6.41 Å². The minimum atomic E-state index is -1.16. The first-order valence-electron chi connectivity index (χ1n) is 3.20. The molecule has 0 aromatic carbocycles. The highest BCUT2D eigenvalue weighted by Crippen LogP contribution is 1.91. The molecule has 0 saturated carbocycles. The Morgan fingerprint density at radius 3 is 2.67 bits per heavy atom. The monoisotopic (exact) mass is 175 g/mol. The predicted octanol–water partition coefficient (Wildman–Crippen LogP) is -1.25. The Bertz CT molecular complexity index is 169. The zero-order valence-electron chi connectivity index (χ0n) is 6.23. The summed E-state index contributed by atoms with van der Waals surface area (Å²) in [6.07, 6.45) is 0.354. The lowest BCUT2D eigenvalue weighted by Gasteiger charge is -2.08. The maximum absolute atomic E-state index is 10.3. The summed E-state index contributed by atoms with van der Waals surface area (Å²) in [7, 11) is 0. The molecule has 0 aromatic heterocycles. The normalized spacial score (nSPS) is 11.3. The predicted molar refractivity (Wildman–Crippen MR) is 37.3 cm³/mol. The van der Waals surface area contributed by atoms with Crippen LogP contribution in [0.3, 0.4) is 0 Å². The van der Waals surface area contributed by atoms with E-state index < -0.39 is 12.0 Å². The molecular formula is C6H9NO5. The van der Waals surface area contributed by atoms with E-state index in [1.54, 1.807) is 0 Å². The second kappa shape index (κ2) is 6.14. The van der Waals surface area contributed by atoms with E-state index in [9.17, 15) is 14.4 Å². The van der Waals surface area contributed by atoms with E-state index in [-0.39, 0.29) is 19.5 Å². The zero-order valence-corrected chi connectivity index (χ0v) is 6.23. The van der Waals surface area contributed by atoms with Crippen molar-refractivity contribution < 1.29 is 24.2 Å². The summed E-state index contributed by atoms with van der Waals surface area (Å²) in [5, 5.41) is 10.5. The number of hydrogen-bond donors (Lipinski definition) is 2. The molecule has 0 fully saturated rings. The number of carbonyl (C=O) groups is 3. The van der Waals surface area contributed by atoms with Crippen LogP contribution in [-0.4, -0.2) is 36.6 Å². The van der Waals surface area contributed by atoms with Gasteiger partial charge in [0.15, 0.2) is 0 Å². The molecule has 0 aliphatic rings. The van der Waals surface area contributed by atoms with Crippen molar-refractivity contribution in [1.29, 1.82) is 0 Å². The van der Waals surface area contributed by atoms with E-state index in [4.69, 9.17) is 5.11 Å². The van der Waals surface area contributed by atoms with E-state index in [1.165, 1.54) is 0 Å². The second-order valence-corrected chi connectivity index (χ2v) is 1.93. The van der Waals surface area contributed by atoms with Crippen molar-refractivity contribution >= 4 is 18.9 Å². The molecule has 0 aliphatic heterocycles. The lowest BCUT2D eigenvalue weighted by molar-refractivity contribution is -0.142. The summed E-state index contributed by atoms with van der Waals surface area (Å²) in [6, 6.07) is -0.998. The van der Waals surface area contributed by atoms with Gasteiger partial charge in [-0.25, -0.2) is 4.79 Å². The Kier molecular flexibility index (Phi) is 5.33. The number of nitrogens with one attached hydrogen (secondary N) is 1. The molecule has 0 aliphatic carbocycles. The molecular weight excluding hydrogens is 166 g/mol. The molecule has 0 aromatic rings. The third kappa shape index (κ3) is 4.26. The average molecular weight is 175 g/mol. The van der Waals surface area contributed by atoms with Crippen molar-refractivity contribution in [2.45, 2.75) is 12.5 Å². The van der Waals surface area contributed by atoms with Crippen molar-refractivity contribution in [2.75, 3.05) is 6.61 Å². The van der Waals surface area contributed by atoms with Crippen LogP contribution in [-0.2, 0) is 19.1 Å². The molecule has 0 saturated heterocycles. The first-order chi connectivity index (χ1) is 5.72. The smallest absolute Gasteiger partial charge is 0.326 e. The van der Waals surface area contributed by atoms with E-state index in [1.807, 2.05) is 0 Å². The quantitative estimate of drug-likeness (QED) is 0.372. The third-order valence-corrected chi connectivity index (χ3v) is 1.16. The van der Waals surface area contributed by atoms with Gasteiger partial charge < -0.3 is 15.2 Å². The van der Waals surface area contributed by atoms with Crippen molar-refractivity contribution in [2.24, 2.45) is 0 Å². The van der Waals surface area contributed by atoms with E-state index in [0.717, 1.165) is 0 Å². The van der Waals surface area contributed by atoms with Crippen molar-refractivity contribution in [3.8, 4) is 0 Å². The summed E-state index contributed by atoms with van der Waals surface area (Å²) in [5.41, 5.74) is 0. The number of rotatable bonds is 7. The van der Waals surface area contributed by atoms with E-state index in [2.05, 4.69) is 10.1 Å². The molecule has 0 radical (unpaired) electrons. The van der Waals surface area contributed by atoms with Gasteiger partial charge in [-0.15, -0.1) is 0 Å². The van der Waals surface area contributed by atoms with Crippen LogP contribution in [0.2, 0.25) is 0 Å². The fourth-order valence-corrected chi connectivity index (χ4v) is 0.594. The van der Waals surface area contributed by atoms with Crippen LogP contribution in [0.1, 0.15) is 6.42 Å². The number of amides is 1.